The van der Waals surface area contributed by atoms with E-state index in [0.29, 0.717) is 26.6 Å². The van der Waals surface area contributed by atoms with Gasteiger partial charge in [-0.2, -0.15) is 0 Å². The zero-order valence-electron chi connectivity index (χ0n) is 18.7. The molecule has 4 rings (SSSR count). The van der Waals surface area contributed by atoms with E-state index >= 15 is 0 Å². The average Bonchev–Trinajstić information content (AvgIpc) is 3.31. The molecule has 0 spiro atoms. The number of rotatable bonds is 8. The third kappa shape index (κ3) is 5.05. The Bertz CT molecular complexity index is 1380. The van der Waals surface area contributed by atoms with Crippen molar-refractivity contribution in [2.75, 3.05) is 17.7 Å². The van der Waals surface area contributed by atoms with Crippen molar-refractivity contribution in [3.8, 4) is 0 Å². The summed E-state index contributed by atoms with van der Waals surface area (Å²) in [6.45, 7) is 3.92. The third-order valence-electron chi connectivity index (χ3n) is 5.19. The van der Waals surface area contributed by atoms with Crippen LogP contribution in [0.2, 0.25) is 0 Å². The molecule has 0 saturated heterocycles. The summed E-state index contributed by atoms with van der Waals surface area (Å²) in [5.41, 5.74) is 1.71. The van der Waals surface area contributed by atoms with Gasteiger partial charge in [0, 0.05) is 0 Å². The summed E-state index contributed by atoms with van der Waals surface area (Å²) >= 11 is 2.43. The molecule has 2 aromatic carbocycles. The van der Waals surface area contributed by atoms with Crippen LogP contribution in [0, 0.1) is 0 Å². The van der Waals surface area contributed by atoms with Crippen molar-refractivity contribution in [1.29, 1.82) is 0 Å². The van der Waals surface area contributed by atoms with E-state index in [-0.39, 0.29) is 29.9 Å². The smallest absolute Gasteiger partial charge is 0.341 e. The lowest BCUT2D eigenvalue weighted by Gasteiger charge is -2.20. The monoisotopic (exact) mass is 493 g/mol. The van der Waals surface area contributed by atoms with Crippen molar-refractivity contribution in [2.24, 2.45) is 0 Å². The standard InChI is InChI=1S/C25H23N3O4S2/c1-3-32-24(31)19-13-14-33-22(19)27-21(29)15-34-25-26-20-12-8-7-11-18(20)23(30)28(25)16(2)17-9-5-4-6-10-17/h4-14,16H,3,15H2,1-2H3,(H,27,29). The van der Waals surface area contributed by atoms with Gasteiger partial charge in [0.1, 0.15) is 5.00 Å². The second kappa shape index (κ2) is 10.7. The predicted molar refractivity (Wildman–Crippen MR) is 136 cm³/mol. The van der Waals surface area contributed by atoms with Crippen LogP contribution in [0.25, 0.3) is 10.9 Å². The predicted octanol–water partition coefficient (Wildman–Crippen LogP) is 4.97. The average molecular weight is 494 g/mol. The van der Waals surface area contributed by atoms with E-state index in [2.05, 4.69) is 5.32 Å². The Morgan fingerprint density at radius 2 is 1.85 bits per heavy atom. The third-order valence-corrected chi connectivity index (χ3v) is 6.97. The molecule has 0 fully saturated rings. The molecule has 0 aliphatic carbocycles. The number of nitrogens with zero attached hydrogens (tertiary/aromatic N) is 2. The molecule has 1 amide bonds. The van der Waals surface area contributed by atoms with Gasteiger partial charge in [0.15, 0.2) is 5.16 Å². The number of carbonyl (C=O) groups excluding carboxylic acids is 2. The number of esters is 1. The highest BCUT2D eigenvalue weighted by Gasteiger charge is 2.20. The van der Waals surface area contributed by atoms with E-state index < -0.39 is 5.97 Å². The number of carbonyl (C=O) groups is 2. The normalized spacial score (nSPS) is 11.8. The Kier molecular flexibility index (Phi) is 7.44. The number of thioether (sulfide) groups is 1. The maximum absolute atomic E-state index is 13.4. The number of para-hydroxylation sites is 1. The van der Waals surface area contributed by atoms with Gasteiger partial charge in [0.2, 0.25) is 5.91 Å². The van der Waals surface area contributed by atoms with Crippen molar-refractivity contribution >= 4 is 50.9 Å². The summed E-state index contributed by atoms with van der Waals surface area (Å²) in [5.74, 6) is -0.764. The SMILES string of the molecule is CCOC(=O)c1ccsc1NC(=O)CSc1nc2ccccc2c(=O)n1C(C)c1ccccc1. The molecule has 34 heavy (non-hydrogen) atoms. The summed E-state index contributed by atoms with van der Waals surface area (Å²) in [5, 5.41) is 5.91. The first kappa shape index (κ1) is 23.7. The molecule has 2 heterocycles. The molecule has 0 radical (unpaired) electrons. The lowest BCUT2D eigenvalue weighted by atomic mass is 10.1. The van der Waals surface area contributed by atoms with Gasteiger partial charge in [-0.25, -0.2) is 9.78 Å². The van der Waals surface area contributed by atoms with Gasteiger partial charge >= 0.3 is 5.97 Å². The number of nitrogens with one attached hydrogen (secondary N) is 1. The van der Waals surface area contributed by atoms with Gasteiger partial charge in [-0.3, -0.25) is 14.2 Å². The van der Waals surface area contributed by atoms with Crippen molar-refractivity contribution in [3.05, 3.63) is 87.5 Å². The molecular weight excluding hydrogens is 470 g/mol. The molecule has 1 atom stereocenters. The van der Waals surface area contributed by atoms with E-state index in [9.17, 15) is 14.4 Å². The summed E-state index contributed by atoms with van der Waals surface area (Å²) in [6, 6.07) is 18.2. The summed E-state index contributed by atoms with van der Waals surface area (Å²) < 4.78 is 6.67. The molecule has 2 aromatic heterocycles. The Morgan fingerprint density at radius 1 is 1.12 bits per heavy atom. The van der Waals surface area contributed by atoms with Crippen molar-refractivity contribution in [1.82, 2.24) is 9.55 Å². The molecule has 174 valence electrons. The molecule has 7 nitrogen and oxygen atoms in total. The van der Waals surface area contributed by atoms with Crippen LogP contribution in [-0.2, 0) is 9.53 Å². The highest BCUT2D eigenvalue weighted by molar-refractivity contribution is 7.99. The molecule has 4 aromatic rings. The number of aromatic nitrogens is 2. The zero-order chi connectivity index (χ0) is 24.1. The fourth-order valence-electron chi connectivity index (χ4n) is 3.52. The van der Waals surface area contributed by atoms with Crippen molar-refractivity contribution in [3.63, 3.8) is 0 Å². The number of ether oxygens (including phenoxy) is 1. The molecular formula is C25H23N3O4S2. The quantitative estimate of drug-likeness (QED) is 0.212. The zero-order valence-corrected chi connectivity index (χ0v) is 20.3. The van der Waals surface area contributed by atoms with Crippen LogP contribution in [0.3, 0.4) is 0 Å². The topological polar surface area (TPSA) is 90.3 Å². The van der Waals surface area contributed by atoms with Gasteiger partial charge in [-0.1, -0.05) is 54.2 Å². The number of amides is 1. The minimum absolute atomic E-state index is 0.0203. The van der Waals surface area contributed by atoms with E-state index in [1.807, 2.05) is 49.4 Å². The van der Waals surface area contributed by atoms with Crippen LogP contribution in [0.4, 0.5) is 5.00 Å². The molecule has 0 aliphatic rings. The number of benzene rings is 2. The number of fused-ring (bicyclic) bond motifs is 1. The summed E-state index contributed by atoms with van der Waals surface area (Å²) in [7, 11) is 0. The van der Waals surface area contributed by atoms with Crippen molar-refractivity contribution in [2.45, 2.75) is 25.0 Å². The highest BCUT2D eigenvalue weighted by atomic mass is 32.2. The van der Waals surface area contributed by atoms with Crippen LogP contribution in [0.5, 0.6) is 0 Å². The van der Waals surface area contributed by atoms with Crippen LogP contribution in [0.15, 0.2) is 76.0 Å². The molecule has 1 N–H and O–H groups in total. The second-order valence-corrected chi connectivity index (χ2v) is 9.25. The van der Waals surface area contributed by atoms with E-state index in [1.165, 1.54) is 23.1 Å². The first-order chi connectivity index (χ1) is 16.5. The summed E-state index contributed by atoms with van der Waals surface area (Å²) in [6.07, 6.45) is 0. The molecule has 0 aliphatic heterocycles. The van der Waals surface area contributed by atoms with Gasteiger partial charge in [0.25, 0.3) is 5.56 Å². The molecule has 1 unspecified atom stereocenters. The van der Waals surface area contributed by atoms with Crippen LogP contribution < -0.4 is 10.9 Å². The Morgan fingerprint density at radius 3 is 2.62 bits per heavy atom. The van der Waals surface area contributed by atoms with E-state index in [1.54, 1.807) is 35.1 Å². The fraction of sp³-hybridized carbons (Fsp3) is 0.200. The largest absolute Gasteiger partial charge is 0.462 e. The van der Waals surface area contributed by atoms with Gasteiger partial charge < -0.3 is 10.1 Å². The van der Waals surface area contributed by atoms with Gasteiger partial charge in [-0.15, -0.1) is 11.3 Å². The lowest BCUT2D eigenvalue weighted by Crippen LogP contribution is -2.27. The number of hydrogen-bond acceptors (Lipinski definition) is 7. The van der Waals surface area contributed by atoms with Crippen LogP contribution in [0.1, 0.15) is 35.8 Å². The number of anilines is 1. The lowest BCUT2D eigenvalue weighted by molar-refractivity contribution is -0.113. The Balaban J connectivity index is 1.61. The highest BCUT2D eigenvalue weighted by Crippen LogP contribution is 2.27. The summed E-state index contributed by atoms with van der Waals surface area (Å²) in [4.78, 5) is 42.9. The molecule has 0 saturated carbocycles. The Labute approximate surface area is 204 Å². The molecule has 0 bridgehead atoms. The van der Waals surface area contributed by atoms with Crippen LogP contribution >= 0.6 is 23.1 Å². The van der Waals surface area contributed by atoms with Crippen LogP contribution in [-0.4, -0.2) is 33.8 Å². The van der Waals surface area contributed by atoms with Crippen molar-refractivity contribution < 1.29 is 14.3 Å². The minimum atomic E-state index is -0.478. The minimum Gasteiger partial charge on any atom is -0.462 e. The van der Waals surface area contributed by atoms with Gasteiger partial charge in [-0.05, 0) is 43.0 Å². The number of thiophene rings is 1. The maximum Gasteiger partial charge on any atom is 0.341 e. The first-order valence-corrected chi connectivity index (χ1v) is 12.6. The van der Waals surface area contributed by atoms with Gasteiger partial charge in [0.05, 0.1) is 34.9 Å². The second-order valence-electron chi connectivity index (χ2n) is 7.39. The molecule has 9 heteroatoms. The first-order valence-electron chi connectivity index (χ1n) is 10.7. The number of hydrogen-bond donors (Lipinski definition) is 1. The van der Waals surface area contributed by atoms with E-state index in [4.69, 9.17) is 9.72 Å². The van der Waals surface area contributed by atoms with E-state index in [0.717, 1.165) is 5.56 Å². The Hall–Kier alpha value is -3.43. The fourth-order valence-corrected chi connectivity index (χ4v) is 5.18. The maximum atomic E-state index is 13.4.